The van der Waals surface area contributed by atoms with E-state index in [1.807, 2.05) is 56.3 Å². The molecule has 0 aliphatic rings. The number of hydrogen-bond donors (Lipinski definition) is 1. The van der Waals surface area contributed by atoms with Crippen LogP contribution >= 0.6 is 0 Å². The molecule has 0 unspecified atom stereocenters. The van der Waals surface area contributed by atoms with Crippen LogP contribution in [0.25, 0.3) is 16.8 Å². The quantitative estimate of drug-likeness (QED) is 0.789. The first-order valence-corrected chi connectivity index (χ1v) is 6.46. The predicted molar refractivity (Wildman–Crippen MR) is 83.5 cm³/mol. The van der Waals surface area contributed by atoms with Gasteiger partial charge in [0.05, 0.1) is 0 Å². The smallest absolute Gasteiger partial charge is 0.0390 e. The molecule has 2 rings (SSSR count). The Hall–Kier alpha value is -2.28. The number of allylic oxidation sites excluding steroid dienone is 3. The average Bonchev–Trinajstić information content (AvgIpc) is 2.48. The molecule has 0 bridgehead atoms. The predicted octanol–water partition coefficient (Wildman–Crippen LogP) is 4.62. The molecule has 1 nitrogen and oxygen atoms in total. The molecule has 2 N–H and O–H groups in total. The van der Waals surface area contributed by atoms with Crippen LogP contribution in [0.1, 0.15) is 19.4 Å². The summed E-state index contributed by atoms with van der Waals surface area (Å²) in [6, 6.07) is 18.7. The highest BCUT2D eigenvalue weighted by atomic mass is 14.6. The second-order valence-corrected chi connectivity index (χ2v) is 4.58. The van der Waals surface area contributed by atoms with Crippen molar-refractivity contribution in [1.29, 1.82) is 0 Å². The van der Waals surface area contributed by atoms with Crippen LogP contribution in [-0.2, 0) is 0 Å². The SMILES string of the molecule is C/C=C(C)\C=C(/N)c1cccc(-c2ccccc2)c1. The summed E-state index contributed by atoms with van der Waals surface area (Å²) < 4.78 is 0. The highest BCUT2D eigenvalue weighted by molar-refractivity contribution is 5.72. The van der Waals surface area contributed by atoms with E-state index < -0.39 is 0 Å². The minimum absolute atomic E-state index is 0.799. The number of rotatable bonds is 3. The largest absolute Gasteiger partial charge is 0.398 e. The van der Waals surface area contributed by atoms with Gasteiger partial charge >= 0.3 is 0 Å². The summed E-state index contributed by atoms with van der Waals surface area (Å²) in [5.74, 6) is 0. The van der Waals surface area contributed by atoms with Crippen LogP contribution in [0.5, 0.6) is 0 Å². The first-order chi connectivity index (χ1) is 9.20. The van der Waals surface area contributed by atoms with Crippen molar-refractivity contribution in [2.24, 2.45) is 5.73 Å². The van der Waals surface area contributed by atoms with Crippen molar-refractivity contribution in [3.05, 3.63) is 77.9 Å². The molecule has 2 aromatic rings. The maximum Gasteiger partial charge on any atom is 0.0390 e. The van der Waals surface area contributed by atoms with E-state index >= 15 is 0 Å². The van der Waals surface area contributed by atoms with E-state index in [0.717, 1.165) is 11.3 Å². The van der Waals surface area contributed by atoms with E-state index in [1.165, 1.54) is 16.7 Å². The van der Waals surface area contributed by atoms with Crippen LogP contribution in [0, 0.1) is 0 Å². The summed E-state index contributed by atoms with van der Waals surface area (Å²) in [5.41, 5.74) is 11.6. The first-order valence-electron chi connectivity index (χ1n) is 6.46. The number of benzene rings is 2. The molecule has 1 heteroatoms. The molecular formula is C18H19N. The Kier molecular flexibility index (Phi) is 4.19. The van der Waals surface area contributed by atoms with E-state index in [-0.39, 0.29) is 0 Å². The van der Waals surface area contributed by atoms with Gasteiger partial charge in [-0.15, -0.1) is 0 Å². The molecule has 2 aromatic carbocycles. The second-order valence-electron chi connectivity index (χ2n) is 4.58. The van der Waals surface area contributed by atoms with Crippen molar-refractivity contribution in [1.82, 2.24) is 0 Å². The van der Waals surface area contributed by atoms with Crippen LogP contribution < -0.4 is 5.73 Å². The highest BCUT2D eigenvalue weighted by Crippen LogP contribution is 2.22. The molecule has 0 fully saturated rings. The van der Waals surface area contributed by atoms with Gasteiger partial charge in [-0.1, -0.05) is 60.2 Å². The van der Waals surface area contributed by atoms with Gasteiger partial charge in [-0.05, 0) is 42.7 Å². The van der Waals surface area contributed by atoms with Crippen molar-refractivity contribution in [2.75, 3.05) is 0 Å². The summed E-state index contributed by atoms with van der Waals surface area (Å²) in [7, 11) is 0. The Morgan fingerprint density at radius 1 is 0.947 bits per heavy atom. The van der Waals surface area contributed by atoms with Crippen molar-refractivity contribution in [3.63, 3.8) is 0 Å². The van der Waals surface area contributed by atoms with Crippen molar-refractivity contribution >= 4 is 5.70 Å². The van der Waals surface area contributed by atoms with Crippen LogP contribution in [0.4, 0.5) is 0 Å². The van der Waals surface area contributed by atoms with Crippen LogP contribution in [0.15, 0.2) is 72.3 Å². The Labute approximate surface area is 115 Å². The molecule has 0 saturated carbocycles. The monoisotopic (exact) mass is 249 g/mol. The summed E-state index contributed by atoms with van der Waals surface area (Å²) >= 11 is 0. The average molecular weight is 249 g/mol. The molecular weight excluding hydrogens is 230 g/mol. The summed E-state index contributed by atoms with van der Waals surface area (Å²) in [6.07, 6.45) is 4.05. The topological polar surface area (TPSA) is 26.0 Å². The lowest BCUT2D eigenvalue weighted by atomic mass is 10.0. The fourth-order valence-electron chi connectivity index (χ4n) is 1.92. The van der Waals surface area contributed by atoms with Crippen molar-refractivity contribution in [2.45, 2.75) is 13.8 Å². The van der Waals surface area contributed by atoms with E-state index in [1.54, 1.807) is 0 Å². The van der Waals surface area contributed by atoms with Crippen LogP contribution in [0.2, 0.25) is 0 Å². The fraction of sp³-hybridized carbons (Fsp3) is 0.111. The summed E-state index contributed by atoms with van der Waals surface area (Å²) in [5, 5.41) is 0. The highest BCUT2D eigenvalue weighted by Gasteiger charge is 2.01. The van der Waals surface area contributed by atoms with Gasteiger partial charge in [-0.3, -0.25) is 0 Å². The first kappa shape index (κ1) is 13.2. The Balaban J connectivity index is 2.38. The van der Waals surface area contributed by atoms with E-state index in [2.05, 4.69) is 24.3 Å². The third-order valence-corrected chi connectivity index (χ3v) is 3.14. The van der Waals surface area contributed by atoms with E-state index in [0.29, 0.717) is 0 Å². The van der Waals surface area contributed by atoms with Gasteiger partial charge in [0, 0.05) is 5.70 Å². The minimum Gasteiger partial charge on any atom is -0.398 e. The molecule has 19 heavy (non-hydrogen) atoms. The van der Waals surface area contributed by atoms with Gasteiger partial charge in [0.15, 0.2) is 0 Å². The van der Waals surface area contributed by atoms with Gasteiger partial charge in [0.1, 0.15) is 0 Å². The van der Waals surface area contributed by atoms with Crippen molar-refractivity contribution in [3.8, 4) is 11.1 Å². The minimum atomic E-state index is 0.799. The van der Waals surface area contributed by atoms with Crippen molar-refractivity contribution < 1.29 is 0 Å². The molecule has 0 heterocycles. The zero-order valence-electron chi connectivity index (χ0n) is 11.4. The lowest BCUT2D eigenvalue weighted by Gasteiger charge is -2.06. The van der Waals surface area contributed by atoms with E-state index in [4.69, 9.17) is 5.73 Å². The standard InChI is InChI=1S/C18H19N/c1-3-14(2)12-18(19)17-11-7-10-16(13-17)15-8-5-4-6-9-15/h3-13H,19H2,1-2H3/b14-3-,18-12-. The Morgan fingerprint density at radius 3 is 2.32 bits per heavy atom. The molecule has 0 aliphatic carbocycles. The van der Waals surface area contributed by atoms with Gasteiger partial charge in [0.2, 0.25) is 0 Å². The maximum atomic E-state index is 6.14. The zero-order valence-corrected chi connectivity index (χ0v) is 11.4. The molecule has 96 valence electrons. The van der Waals surface area contributed by atoms with Crippen LogP contribution in [-0.4, -0.2) is 0 Å². The molecule has 0 amide bonds. The Bertz CT molecular complexity index is 607. The second kappa shape index (κ2) is 6.05. The summed E-state index contributed by atoms with van der Waals surface area (Å²) in [4.78, 5) is 0. The lowest BCUT2D eigenvalue weighted by molar-refractivity contribution is 1.43. The van der Waals surface area contributed by atoms with Crippen LogP contribution in [0.3, 0.4) is 0 Å². The van der Waals surface area contributed by atoms with Gasteiger partial charge < -0.3 is 5.73 Å². The lowest BCUT2D eigenvalue weighted by Crippen LogP contribution is -1.96. The normalized spacial score (nSPS) is 12.5. The molecule has 0 saturated heterocycles. The fourth-order valence-corrected chi connectivity index (χ4v) is 1.92. The van der Waals surface area contributed by atoms with Gasteiger partial charge in [0.25, 0.3) is 0 Å². The number of hydrogen-bond acceptors (Lipinski definition) is 1. The zero-order chi connectivity index (χ0) is 13.7. The molecule has 0 aliphatic heterocycles. The van der Waals surface area contributed by atoms with E-state index in [9.17, 15) is 0 Å². The molecule has 0 aromatic heterocycles. The van der Waals surface area contributed by atoms with Gasteiger partial charge in [-0.2, -0.15) is 0 Å². The summed E-state index contributed by atoms with van der Waals surface area (Å²) in [6.45, 7) is 4.06. The maximum absolute atomic E-state index is 6.14. The molecule has 0 spiro atoms. The van der Waals surface area contributed by atoms with Gasteiger partial charge in [-0.25, -0.2) is 0 Å². The molecule has 0 radical (unpaired) electrons. The molecule has 0 atom stereocenters. The third-order valence-electron chi connectivity index (χ3n) is 3.14. The number of nitrogens with two attached hydrogens (primary N) is 1. The third kappa shape index (κ3) is 3.35. The Morgan fingerprint density at radius 2 is 1.63 bits per heavy atom.